The van der Waals surface area contributed by atoms with E-state index in [4.69, 9.17) is 9.84 Å². The van der Waals surface area contributed by atoms with Gasteiger partial charge < -0.3 is 20.5 Å². The number of pyridine rings is 1. The first-order chi connectivity index (χ1) is 17.5. The lowest BCUT2D eigenvalue weighted by molar-refractivity contribution is -0.117. The molecule has 2 amide bonds. The summed E-state index contributed by atoms with van der Waals surface area (Å²) < 4.78 is 7.02. The third-order valence-electron chi connectivity index (χ3n) is 5.59. The number of carboxylic acid groups (broad SMARTS) is 1. The van der Waals surface area contributed by atoms with Gasteiger partial charge in [0.15, 0.2) is 5.65 Å². The maximum atomic E-state index is 12.7. The molecule has 184 valence electrons. The van der Waals surface area contributed by atoms with Gasteiger partial charge >= 0.3 is 6.09 Å². The van der Waals surface area contributed by atoms with E-state index in [0.717, 1.165) is 22.3 Å². The topological polar surface area (TPSA) is 118 Å². The number of hydrogen-bond donors (Lipinski definition) is 3. The molecule has 1 atom stereocenters. The van der Waals surface area contributed by atoms with Crippen LogP contribution in [0.2, 0.25) is 0 Å². The standard InChI is InChI=1S/C27H27N5O4/c1-36-22-11-9-20(10-12-22)18-32-26-23(8-5-15-28-26)24(31-32)13-14-25(33)30-21(17-29-27(34)35)16-19-6-3-2-4-7-19/h2-15,21,29H,16-18H2,1H3,(H,30,33)(H,34,35)/b14-13+/t21-/m1/s1. The van der Waals surface area contributed by atoms with Crippen LogP contribution in [0.3, 0.4) is 0 Å². The number of carbonyl (C=O) groups excluding carboxylic acids is 1. The van der Waals surface area contributed by atoms with Gasteiger partial charge in [0.05, 0.1) is 25.4 Å². The van der Waals surface area contributed by atoms with Crippen LogP contribution in [-0.4, -0.2) is 51.6 Å². The van der Waals surface area contributed by atoms with E-state index < -0.39 is 12.1 Å². The van der Waals surface area contributed by atoms with Gasteiger partial charge in [0, 0.05) is 24.2 Å². The van der Waals surface area contributed by atoms with Gasteiger partial charge in [0.2, 0.25) is 5.91 Å². The van der Waals surface area contributed by atoms with Crippen molar-refractivity contribution in [2.24, 2.45) is 0 Å². The summed E-state index contributed by atoms with van der Waals surface area (Å²) in [6.45, 7) is 0.602. The predicted molar refractivity (Wildman–Crippen MR) is 137 cm³/mol. The molecule has 2 heterocycles. The summed E-state index contributed by atoms with van der Waals surface area (Å²) in [4.78, 5) is 28.2. The van der Waals surface area contributed by atoms with Crippen LogP contribution in [0.15, 0.2) is 79.0 Å². The summed E-state index contributed by atoms with van der Waals surface area (Å²) >= 11 is 0. The van der Waals surface area contributed by atoms with Gasteiger partial charge in [-0.15, -0.1) is 0 Å². The Bertz CT molecular complexity index is 1350. The Labute approximate surface area is 208 Å². The van der Waals surface area contributed by atoms with Crippen LogP contribution in [0.25, 0.3) is 17.1 Å². The van der Waals surface area contributed by atoms with Gasteiger partial charge in [0.25, 0.3) is 0 Å². The van der Waals surface area contributed by atoms with E-state index >= 15 is 0 Å². The van der Waals surface area contributed by atoms with Crippen molar-refractivity contribution >= 4 is 29.1 Å². The molecule has 3 N–H and O–H groups in total. The first-order valence-electron chi connectivity index (χ1n) is 11.5. The molecule has 9 heteroatoms. The first kappa shape index (κ1) is 24.5. The number of rotatable bonds is 10. The second kappa shape index (κ2) is 11.7. The number of hydrogen-bond acceptors (Lipinski definition) is 5. The van der Waals surface area contributed by atoms with Gasteiger partial charge in [-0.1, -0.05) is 42.5 Å². The molecule has 0 saturated heterocycles. The molecule has 0 bridgehead atoms. The highest BCUT2D eigenvalue weighted by molar-refractivity contribution is 5.94. The average Bonchev–Trinajstić information content (AvgIpc) is 3.24. The molecular weight excluding hydrogens is 458 g/mol. The lowest BCUT2D eigenvalue weighted by atomic mass is 10.1. The molecule has 0 fully saturated rings. The maximum absolute atomic E-state index is 12.7. The number of amides is 2. The van der Waals surface area contributed by atoms with Crippen molar-refractivity contribution in [1.29, 1.82) is 0 Å². The van der Waals surface area contributed by atoms with E-state index in [0.29, 0.717) is 24.3 Å². The Morgan fingerprint density at radius 3 is 2.56 bits per heavy atom. The van der Waals surface area contributed by atoms with Crippen molar-refractivity contribution in [2.45, 2.75) is 19.0 Å². The highest BCUT2D eigenvalue weighted by Gasteiger charge is 2.14. The fraction of sp³-hybridized carbons (Fsp3) is 0.185. The summed E-state index contributed by atoms with van der Waals surface area (Å²) in [5.41, 5.74) is 3.35. The number of aromatic nitrogens is 3. The Morgan fingerprint density at radius 2 is 1.83 bits per heavy atom. The molecule has 4 rings (SSSR count). The number of nitrogens with zero attached hydrogens (tertiary/aromatic N) is 3. The van der Waals surface area contributed by atoms with Crippen molar-refractivity contribution in [2.75, 3.05) is 13.7 Å². The monoisotopic (exact) mass is 485 g/mol. The highest BCUT2D eigenvalue weighted by atomic mass is 16.5. The third-order valence-corrected chi connectivity index (χ3v) is 5.59. The van der Waals surface area contributed by atoms with Gasteiger partial charge in [-0.3, -0.25) is 4.79 Å². The number of nitrogens with one attached hydrogen (secondary N) is 2. The number of benzene rings is 2. The van der Waals surface area contributed by atoms with Crippen molar-refractivity contribution in [1.82, 2.24) is 25.4 Å². The minimum Gasteiger partial charge on any atom is -0.497 e. The summed E-state index contributed by atoms with van der Waals surface area (Å²) in [6.07, 6.45) is 4.11. The van der Waals surface area contributed by atoms with Crippen LogP contribution in [-0.2, 0) is 17.8 Å². The summed E-state index contributed by atoms with van der Waals surface area (Å²) in [5.74, 6) is 0.436. The zero-order valence-corrected chi connectivity index (χ0v) is 19.8. The van der Waals surface area contributed by atoms with Crippen molar-refractivity contribution < 1.29 is 19.4 Å². The van der Waals surface area contributed by atoms with Crippen LogP contribution >= 0.6 is 0 Å². The molecular formula is C27H27N5O4. The van der Waals surface area contributed by atoms with E-state index in [-0.39, 0.29) is 12.5 Å². The zero-order chi connectivity index (χ0) is 25.3. The normalized spacial score (nSPS) is 11.9. The number of ether oxygens (including phenoxy) is 1. The average molecular weight is 486 g/mol. The van der Waals surface area contributed by atoms with Crippen molar-refractivity contribution in [3.63, 3.8) is 0 Å². The molecule has 36 heavy (non-hydrogen) atoms. The second-order valence-corrected chi connectivity index (χ2v) is 8.18. The minimum atomic E-state index is -1.14. The Balaban J connectivity index is 1.49. The van der Waals surface area contributed by atoms with E-state index in [9.17, 15) is 9.59 Å². The van der Waals surface area contributed by atoms with Crippen LogP contribution in [0, 0.1) is 0 Å². The number of carbonyl (C=O) groups is 2. The molecule has 2 aromatic carbocycles. The first-order valence-corrected chi connectivity index (χ1v) is 11.5. The lowest BCUT2D eigenvalue weighted by Gasteiger charge is -2.18. The molecule has 0 spiro atoms. The Morgan fingerprint density at radius 1 is 1.06 bits per heavy atom. The quantitative estimate of drug-likeness (QED) is 0.296. The predicted octanol–water partition coefficient (Wildman–Crippen LogP) is 3.50. The van der Waals surface area contributed by atoms with E-state index in [1.165, 1.54) is 6.08 Å². The van der Waals surface area contributed by atoms with Gasteiger partial charge in [-0.25, -0.2) is 14.5 Å². The Hall–Kier alpha value is -4.66. The van der Waals surface area contributed by atoms with Gasteiger partial charge in [0.1, 0.15) is 5.75 Å². The second-order valence-electron chi connectivity index (χ2n) is 8.18. The van der Waals surface area contributed by atoms with Crippen molar-refractivity contribution in [3.05, 3.63) is 95.8 Å². The molecule has 4 aromatic rings. The third kappa shape index (κ3) is 6.47. The fourth-order valence-corrected chi connectivity index (χ4v) is 3.86. The molecule has 9 nitrogen and oxygen atoms in total. The molecule has 0 saturated carbocycles. The highest BCUT2D eigenvalue weighted by Crippen LogP contribution is 2.20. The van der Waals surface area contributed by atoms with Crippen LogP contribution in [0.5, 0.6) is 5.75 Å². The lowest BCUT2D eigenvalue weighted by Crippen LogP contribution is -2.44. The maximum Gasteiger partial charge on any atom is 0.404 e. The SMILES string of the molecule is COc1ccc(Cn2nc(/C=C/C(=O)N[C@@H](CNC(=O)O)Cc3ccccc3)c3cccnc32)cc1. The van der Waals surface area contributed by atoms with E-state index in [1.807, 2.05) is 66.7 Å². The largest absolute Gasteiger partial charge is 0.497 e. The summed E-state index contributed by atoms with van der Waals surface area (Å²) in [6, 6.07) is 20.6. The fourth-order valence-electron chi connectivity index (χ4n) is 3.86. The van der Waals surface area contributed by atoms with Gasteiger partial charge in [-0.2, -0.15) is 5.10 Å². The van der Waals surface area contributed by atoms with E-state index in [2.05, 4.69) is 20.7 Å². The number of fused-ring (bicyclic) bond motifs is 1. The molecule has 0 aliphatic carbocycles. The van der Waals surface area contributed by atoms with Crippen LogP contribution in [0.4, 0.5) is 4.79 Å². The van der Waals surface area contributed by atoms with E-state index in [1.54, 1.807) is 24.1 Å². The van der Waals surface area contributed by atoms with Crippen molar-refractivity contribution in [3.8, 4) is 5.75 Å². The zero-order valence-electron chi connectivity index (χ0n) is 19.8. The molecule has 0 aliphatic heterocycles. The van der Waals surface area contributed by atoms with Gasteiger partial charge in [-0.05, 0) is 47.9 Å². The summed E-state index contributed by atoms with van der Waals surface area (Å²) in [7, 11) is 1.63. The Kier molecular flexibility index (Phi) is 7.92. The molecule has 0 unspecified atom stereocenters. The molecule has 0 aliphatic rings. The molecule has 2 aromatic heterocycles. The smallest absolute Gasteiger partial charge is 0.404 e. The van der Waals surface area contributed by atoms with Crippen LogP contribution < -0.4 is 15.4 Å². The minimum absolute atomic E-state index is 0.0904. The number of methoxy groups -OCH3 is 1. The molecule has 0 radical (unpaired) electrons. The summed E-state index contributed by atoms with van der Waals surface area (Å²) in [5, 5.41) is 19.7. The van der Waals surface area contributed by atoms with Crippen LogP contribution in [0.1, 0.15) is 16.8 Å².